The van der Waals surface area contributed by atoms with Crippen molar-refractivity contribution in [2.75, 3.05) is 0 Å². The average molecular weight is 514 g/mol. The maximum absolute atomic E-state index is 14.5. The lowest BCUT2D eigenvalue weighted by Gasteiger charge is -2.14. The van der Waals surface area contributed by atoms with Crippen LogP contribution >= 0.6 is 0 Å². The first-order chi connectivity index (χ1) is 15.7. The molecular weight excluding hydrogens is 506 g/mol. The summed E-state index contributed by atoms with van der Waals surface area (Å²) >= 11 is 0. The van der Waals surface area contributed by atoms with Crippen LogP contribution in [-0.2, 0) is 9.84 Å². The Hall–Kier alpha value is -3.35. The number of halogens is 10. The second kappa shape index (κ2) is 8.78. The van der Waals surface area contributed by atoms with Crippen LogP contribution in [0.3, 0.4) is 0 Å². The first-order valence-corrected chi connectivity index (χ1v) is 10.3. The maximum Gasteiger partial charge on any atom is 0.207 e. The minimum atomic E-state index is -5.38. The van der Waals surface area contributed by atoms with Gasteiger partial charge in [0, 0.05) is 0 Å². The summed E-state index contributed by atoms with van der Waals surface area (Å²) in [7, 11) is -5.38. The molecule has 0 aromatic heterocycles. The van der Waals surface area contributed by atoms with Gasteiger partial charge in [-0.05, 0) is 25.1 Å². The van der Waals surface area contributed by atoms with Gasteiger partial charge in [-0.1, -0.05) is 17.7 Å². The molecule has 180 valence electrons. The summed E-state index contributed by atoms with van der Waals surface area (Å²) in [5, 5.41) is 0. The molecule has 0 aliphatic carbocycles. The Morgan fingerprint density at radius 3 is 1.35 bits per heavy atom. The summed E-state index contributed by atoms with van der Waals surface area (Å²) < 4.78 is 165. The Labute approximate surface area is 184 Å². The third kappa shape index (κ3) is 3.93. The van der Waals surface area contributed by atoms with E-state index in [-0.39, 0.29) is 0 Å². The summed E-state index contributed by atoms with van der Waals surface area (Å²) in [6, 6.07) is 3.95. The van der Waals surface area contributed by atoms with E-state index >= 15 is 0 Å². The van der Waals surface area contributed by atoms with Gasteiger partial charge >= 0.3 is 0 Å². The molecule has 0 aliphatic rings. The molecule has 0 heterocycles. The molecule has 2 nitrogen and oxygen atoms in total. The van der Waals surface area contributed by atoms with E-state index in [1.54, 1.807) is 0 Å². The van der Waals surface area contributed by atoms with Crippen LogP contribution < -0.4 is 0 Å². The largest absolute Gasteiger partial charge is 0.218 e. The van der Waals surface area contributed by atoms with Crippen LogP contribution in [0.5, 0.6) is 0 Å². The SMILES string of the molecule is Cc1ccc(S(=O)(=O)/C(=C\c2c(F)c(F)c(F)c(F)c2F)c2c(F)c(F)c(F)c(F)c2F)cc1. The number of benzene rings is 3. The highest BCUT2D eigenvalue weighted by atomic mass is 32.2. The van der Waals surface area contributed by atoms with Crippen molar-refractivity contribution in [3.8, 4) is 0 Å². The van der Waals surface area contributed by atoms with Crippen LogP contribution in [0.25, 0.3) is 11.0 Å². The molecule has 0 saturated carbocycles. The van der Waals surface area contributed by atoms with E-state index in [9.17, 15) is 52.3 Å². The third-order valence-corrected chi connectivity index (χ3v) is 6.39. The Morgan fingerprint density at radius 1 is 0.588 bits per heavy atom. The zero-order chi connectivity index (χ0) is 25.7. The van der Waals surface area contributed by atoms with Crippen LogP contribution in [0.15, 0.2) is 29.2 Å². The van der Waals surface area contributed by atoms with Gasteiger partial charge in [0.1, 0.15) is 0 Å². The van der Waals surface area contributed by atoms with Crippen molar-refractivity contribution in [2.24, 2.45) is 0 Å². The fourth-order valence-corrected chi connectivity index (χ4v) is 4.30. The van der Waals surface area contributed by atoms with E-state index in [2.05, 4.69) is 0 Å². The molecule has 3 aromatic carbocycles. The van der Waals surface area contributed by atoms with E-state index in [1.807, 2.05) is 0 Å². The predicted octanol–water partition coefficient (Wildman–Crippen LogP) is 6.36. The van der Waals surface area contributed by atoms with E-state index in [1.165, 1.54) is 6.92 Å². The summed E-state index contributed by atoms with van der Waals surface area (Å²) in [4.78, 5) is -2.80. The first kappa shape index (κ1) is 25.3. The molecule has 0 bridgehead atoms. The molecule has 0 unspecified atom stereocenters. The Kier molecular flexibility index (Phi) is 6.53. The van der Waals surface area contributed by atoms with Crippen LogP contribution in [0.2, 0.25) is 0 Å². The van der Waals surface area contributed by atoms with Gasteiger partial charge in [0.05, 0.1) is 20.9 Å². The minimum Gasteiger partial charge on any atom is -0.218 e. The highest BCUT2D eigenvalue weighted by molar-refractivity contribution is 8.00. The fourth-order valence-electron chi connectivity index (χ4n) is 2.83. The van der Waals surface area contributed by atoms with Gasteiger partial charge in [-0.25, -0.2) is 52.3 Å². The van der Waals surface area contributed by atoms with Gasteiger partial charge in [-0.15, -0.1) is 0 Å². The number of hydrogen-bond acceptors (Lipinski definition) is 2. The smallest absolute Gasteiger partial charge is 0.207 e. The molecule has 0 atom stereocenters. The molecule has 0 radical (unpaired) electrons. The van der Waals surface area contributed by atoms with Gasteiger partial charge in [0.2, 0.25) is 21.5 Å². The summed E-state index contributed by atoms with van der Waals surface area (Å²) in [6.45, 7) is 1.49. The van der Waals surface area contributed by atoms with Gasteiger partial charge in [0.25, 0.3) is 0 Å². The van der Waals surface area contributed by atoms with Crippen molar-refractivity contribution >= 4 is 20.8 Å². The van der Waals surface area contributed by atoms with E-state index in [0.29, 0.717) is 5.56 Å². The van der Waals surface area contributed by atoms with Crippen molar-refractivity contribution in [2.45, 2.75) is 11.8 Å². The van der Waals surface area contributed by atoms with Crippen LogP contribution in [0.1, 0.15) is 16.7 Å². The normalized spacial score (nSPS) is 12.4. The second-order valence-electron chi connectivity index (χ2n) is 6.75. The Bertz CT molecular complexity index is 1400. The highest BCUT2D eigenvalue weighted by Gasteiger charge is 2.35. The molecular formula is C21H8F10O2S. The lowest BCUT2D eigenvalue weighted by Crippen LogP contribution is -2.13. The van der Waals surface area contributed by atoms with Crippen molar-refractivity contribution in [3.63, 3.8) is 0 Å². The molecule has 0 fully saturated rings. The lowest BCUT2D eigenvalue weighted by molar-refractivity contribution is 0.376. The Morgan fingerprint density at radius 2 is 0.941 bits per heavy atom. The van der Waals surface area contributed by atoms with Crippen molar-refractivity contribution in [1.82, 2.24) is 0 Å². The molecule has 3 rings (SSSR count). The standard InChI is InChI=1S/C21H8F10O2S/c1-7-2-4-8(5-3-7)34(32,33)10(11-14(24)18(28)21(31)19(29)15(11)25)6-9-12(22)16(26)20(30)17(27)13(9)23/h2-6H,1H3/b10-6-. The van der Waals surface area contributed by atoms with Crippen molar-refractivity contribution in [1.29, 1.82) is 0 Å². The summed E-state index contributed by atoms with van der Waals surface area (Å²) in [5.74, 6) is -26.3. The molecule has 13 heteroatoms. The summed E-state index contributed by atoms with van der Waals surface area (Å²) in [5.41, 5.74) is -3.70. The van der Waals surface area contributed by atoms with Gasteiger partial charge in [-0.2, -0.15) is 0 Å². The lowest BCUT2D eigenvalue weighted by atomic mass is 10.1. The zero-order valence-corrected chi connectivity index (χ0v) is 17.2. The predicted molar refractivity (Wildman–Crippen MR) is 98.7 cm³/mol. The minimum absolute atomic E-state index is 0.399. The zero-order valence-electron chi connectivity index (χ0n) is 16.4. The third-order valence-electron chi connectivity index (χ3n) is 4.60. The van der Waals surface area contributed by atoms with Gasteiger partial charge in [-0.3, -0.25) is 0 Å². The van der Waals surface area contributed by atoms with Gasteiger partial charge in [0.15, 0.2) is 46.5 Å². The van der Waals surface area contributed by atoms with Crippen LogP contribution in [0, 0.1) is 65.1 Å². The highest BCUT2D eigenvalue weighted by Crippen LogP contribution is 2.37. The average Bonchev–Trinajstić information content (AvgIpc) is 2.80. The number of aryl methyl sites for hydroxylation is 1. The van der Waals surface area contributed by atoms with E-state index in [4.69, 9.17) is 0 Å². The second-order valence-corrected chi connectivity index (χ2v) is 8.67. The molecule has 0 amide bonds. The molecule has 34 heavy (non-hydrogen) atoms. The van der Waals surface area contributed by atoms with E-state index < -0.39 is 95.0 Å². The van der Waals surface area contributed by atoms with Crippen molar-refractivity contribution < 1.29 is 52.3 Å². The van der Waals surface area contributed by atoms with E-state index in [0.717, 1.165) is 24.3 Å². The number of hydrogen-bond donors (Lipinski definition) is 0. The first-order valence-electron chi connectivity index (χ1n) is 8.78. The molecule has 0 saturated heterocycles. The molecule has 3 aromatic rings. The quantitative estimate of drug-likeness (QED) is 0.176. The number of sulfone groups is 1. The van der Waals surface area contributed by atoms with Crippen LogP contribution in [-0.4, -0.2) is 8.42 Å². The summed E-state index contributed by atoms with van der Waals surface area (Å²) in [6.07, 6.45) is -0.399. The Balaban J connectivity index is 2.53. The molecule has 0 N–H and O–H groups in total. The molecule has 0 aliphatic heterocycles. The van der Waals surface area contributed by atoms with Gasteiger partial charge < -0.3 is 0 Å². The topological polar surface area (TPSA) is 34.1 Å². The fraction of sp³-hybridized carbons (Fsp3) is 0.0476. The maximum atomic E-state index is 14.5. The monoisotopic (exact) mass is 514 g/mol. The number of rotatable bonds is 4. The van der Waals surface area contributed by atoms with Crippen molar-refractivity contribution in [3.05, 3.63) is 99.1 Å². The molecule has 0 spiro atoms. The van der Waals surface area contributed by atoms with Crippen LogP contribution in [0.4, 0.5) is 43.9 Å².